The van der Waals surface area contributed by atoms with Crippen molar-refractivity contribution >= 4 is 33.4 Å². The van der Waals surface area contributed by atoms with E-state index >= 15 is 0 Å². The Morgan fingerprint density at radius 2 is 2.00 bits per heavy atom. The van der Waals surface area contributed by atoms with Gasteiger partial charge in [0.25, 0.3) is 10.2 Å². The van der Waals surface area contributed by atoms with Gasteiger partial charge in [0.1, 0.15) is 6.04 Å². The Labute approximate surface area is 197 Å². The van der Waals surface area contributed by atoms with Crippen molar-refractivity contribution in [3.05, 3.63) is 63.0 Å². The minimum atomic E-state index is -3.81. The fourth-order valence-electron chi connectivity index (χ4n) is 3.84. The standard InChI is InChI=1S/C20H20F3N5O4S2/c1-27(2)34(30,31)26-10-8-13-14(20(29)32-3)17(11-4-5-12(21)16(23)15(11)22)25-18(28(13)9-10)19-24-6-7-33-19/h4-7,10,17,26H,8-9H2,1-3H3/t10-,17-/m0/s1. The fraction of sp³-hybridized carbons (Fsp3) is 0.350. The van der Waals surface area contributed by atoms with Crippen molar-refractivity contribution in [1.82, 2.24) is 18.9 Å². The summed E-state index contributed by atoms with van der Waals surface area (Å²) in [6, 6.07) is -0.263. The molecule has 1 aromatic carbocycles. The van der Waals surface area contributed by atoms with Crippen LogP contribution in [0.15, 0.2) is 40.0 Å². The van der Waals surface area contributed by atoms with E-state index < -0.39 is 45.7 Å². The third-order valence-electron chi connectivity index (χ3n) is 5.44. The molecule has 1 saturated heterocycles. The van der Waals surface area contributed by atoms with Gasteiger partial charge in [0.15, 0.2) is 28.3 Å². The summed E-state index contributed by atoms with van der Waals surface area (Å²) in [6.07, 6.45) is 1.57. The number of amidine groups is 1. The van der Waals surface area contributed by atoms with Gasteiger partial charge in [0.2, 0.25) is 0 Å². The molecule has 3 heterocycles. The Morgan fingerprint density at radius 1 is 1.26 bits per heavy atom. The minimum Gasteiger partial charge on any atom is -0.466 e. The average molecular weight is 516 g/mol. The molecule has 9 nitrogen and oxygen atoms in total. The molecule has 2 aliphatic rings. The van der Waals surface area contributed by atoms with Gasteiger partial charge >= 0.3 is 5.97 Å². The molecule has 34 heavy (non-hydrogen) atoms. The van der Waals surface area contributed by atoms with E-state index in [4.69, 9.17) is 4.74 Å². The summed E-state index contributed by atoms with van der Waals surface area (Å²) in [5.74, 6) is -5.16. The molecule has 0 saturated carbocycles. The number of carbonyl (C=O) groups is 1. The average Bonchev–Trinajstić information content (AvgIpc) is 3.46. The molecule has 1 aromatic heterocycles. The van der Waals surface area contributed by atoms with Crippen molar-refractivity contribution in [2.24, 2.45) is 4.99 Å². The number of nitrogens with one attached hydrogen (secondary N) is 1. The molecule has 1 fully saturated rings. The number of nitrogens with zero attached hydrogens (tertiary/aromatic N) is 4. The van der Waals surface area contributed by atoms with E-state index in [1.807, 2.05) is 0 Å². The zero-order chi connectivity index (χ0) is 24.8. The summed E-state index contributed by atoms with van der Waals surface area (Å²) >= 11 is 1.22. The number of hydrogen-bond donors (Lipinski definition) is 1. The van der Waals surface area contributed by atoms with Crippen molar-refractivity contribution in [2.45, 2.75) is 18.5 Å². The number of esters is 1. The van der Waals surface area contributed by atoms with E-state index in [9.17, 15) is 26.4 Å². The molecule has 2 aliphatic heterocycles. The molecule has 0 spiro atoms. The van der Waals surface area contributed by atoms with Crippen LogP contribution in [0.25, 0.3) is 0 Å². The molecule has 0 amide bonds. The maximum atomic E-state index is 14.8. The highest BCUT2D eigenvalue weighted by molar-refractivity contribution is 7.87. The largest absolute Gasteiger partial charge is 0.466 e. The Bertz CT molecular complexity index is 1300. The topological polar surface area (TPSA) is 104 Å². The van der Waals surface area contributed by atoms with E-state index in [0.29, 0.717) is 10.7 Å². The van der Waals surface area contributed by atoms with Crippen LogP contribution in [-0.2, 0) is 19.7 Å². The van der Waals surface area contributed by atoms with Gasteiger partial charge in [-0.25, -0.2) is 22.9 Å². The second kappa shape index (κ2) is 9.09. The van der Waals surface area contributed by atoms with E-state index in [1.54, 1.807) is 10.3 Å². The Hall–Kier alpha value is -2.81. The number of aliphatic imine (C=N–C) groups is 1. The van der Waals surface area contributed by atoms with Gasteiger partial charge in [-0.1, -0.05) is 6.07 Å². The van der Waals surface area contributed by atoms with E-state index in [-0.39, 0.29) is 29.9 Å². The lowest BCUT2D eigenvalue weighted by Gasteiger charge is -2.31. The summed E-state index contributed by atoms with van der Waals surface area (Å²) < 4.78 is 75.7. The van der Waals surface area contributed by atoms with Gasteiger partial charge in [-0.05, 0) is 6.07 Å². The van der Waals surface area contributed by atoms with Crippen LogP contribution >= 0.6 is 11.3 Å². The van der Waals surface area contributed by atoms with E-state index in [1.165, 1.54) is 31.6 Å². The van der Waals surface area contributed by atoms with Gasteiger partial charge in [0.05, 0.1) is 12.7 Å². The number of fused-ring (bicyclic) bond motifs is 1. The molecule has 2 atom stereocenters. The zero-order valence-electron chi connectivity index (χ0n) is 18.3. The van der Waals surface area contributed by atoms with E-state index in [2.05, 4.69) is 14.7 Å². The van der Waals surface area contributed by atoms with E-state index in [0.717, 1.165) is 23.5 Å². The number of methoxy groups -OCH3 is 1. The lowest BCUT2D eigenvalue weighted by Crippen LogP contribution is -2.44. The molecular weight excluding hydrogens is 495 g/mol. The third-order valence-corrected chi connectivity index (χ3v) is 7.81. The number of ether oxygens (including phenoxy) is 1. The monoisotopic (exact) mass is 515 g/mol. The van der Waals surface area contributed by atoms with Gasteiger partial charge < -0.3 is 9.64 Å². The third kappa shape index (κ3) is 4.21. The number of aromatic nitrogens is 1. The lowest BCUT2D eigenvalue weighted by atomic mass is 9.94. The Kier molecular flexibility index (Phi) is 6.50. The summed E-state index contributed by atoms with van der Waals surface area (Å²) in [6.45, 7) is 0.105. The summed E-state index contributed by atoms with van der Waals surface area (Å²) in [5, 5.41) is 2.11. The van der Waals surface area contributed by atoms with Gasteiger partial charge in [-0.2, -0.15) is 17.4 Å². The molecule has 4 rings (SSSR count). The van der Waals surface area contributed by atoms with Gasteiger partial charge in [0, 0.05) is 55.9 Å². The maximum Gasteiger partial charge on any atom is 0.338 e. The zero-order valence-corrected chi connectivity index (χ0v) is 19.9. The SMILES string of the molecule is COC(=O)C1=C2C[C@H](NS(=O)(=O)N(C)C)CN2C(c2nccs2)=N[C@H]1c1ccc(F)c(F)c1F. The molecule has 0 aliphatic carbocycles. The summed E-state index contributed by atoms with van der Waals surface area (Å²) in [7, 11) is 0.0553. The van der Waals surface area contributed by atoms with Crippen LogP contribution < -0.4 is 4.72 Å². The Balaban J connectivity index is 1.89. The van der Waals surface area contributed by atoms with Gasteiger partial charge in [-0.3, -0.25) is 4.99 Å². The van der Waals surface area contributed by atoms with Crippen LogP contribution in [0.5, 0.6) is 0 Å². The fourth-order valence-corrected chi connectivity index (χ4v) is 5.27. The lowest BCUT2D eigenvalue weighted by molar-refractivity contribution is -0.136. The van der Waals surface area contributed by atoms with Crippen LogP contribution in [0.4, 0.5) is 13.2 Å². The molecule has 1 N–H and O–H groups in total. The summed E-state index contributed by atoms with van der Waals surface area (Å²) in [5.41, 5.74) is -0.135. The number of hydrogen-bond acceptors (Lipinski definition) is 8. The predicted molar refractivity (Wildman–Crippen MR) is 118 cm³/mol. The first kappa shape index (κ1) is 24.3. The number of thiazole rings is 1. The maximum absolute atomic E-state index is 14.8. The highest BCUT2D eigenvalue weighted by Gasteiger charge is 2.44. The van der Waals surface area contributed by atoms with Crippen molar-refractivity contribution in [2.75, 3.05) is 27.7 Å². The molecular formula is C20H20F3N5O4S2. The predicted octanol–water partition coefficient (Wildman–Crippen LogP) is 1.96. The van der Waals surface area contributed by atoms with Crippen LogP contribution in [0, 0.1) is 17.5 Å². The van der Waals surface area contributed by atoms with Gasteiger partial charge in [-0.15, -0.1) is 11.3 Å². The highest BCUT2D eigenvalue weighted by Crippen LogP contribution is 2.41. The van der Waals surface area contributed by atoms with Crippen molar-refractivity contribution in [1.29, 1.82) is 0 Å². The van der Waals surface area contributed by atoms with Crippen molar-refractivity contribution in [3.63, 3.8) is 0 Å². The summed E-state index contributed by atoms with van der Waals surface area (Å²) in [4.78, 5) is 23.2. The first-order valence-corrected chi connectivity index (χ1v) is 12.3. The quantitative estimate of drug-likeness (QED) is 0.466. The smallest absolute Gasteiger partial charge is 0.338 e. The van der Waals surface area contributed by atoms with Crippen LogP contribution in [0.3, 0.4) is 0 Å². The second-order valence-electron chi connectivity index (χ2n) is 7.73. The molecule has 2 aromatic rings. The molecule has 182 valence electrons. The molecule has 0 unspecified atom stereocenters. The normalized spacial score (nSPS) is 20.6. The minimum absolute atomic E-state index is 0.0453. The number of halogens is 3. The van der Waals surface area contributed by atoms with Crippen LogP contribution in [-0.4, -0.2) is 68.2 Å². The first-order valence-electron chi connectivity index (χ1n) is 9.94. The first-order chi connectivity index (χ1) is 16.0. The van der Waals surface area contributed by atoms with Crippen molar-refractivity contribution in [3.8, 4) is 0 Å². The number of rotatable bonds is 6. The number of carbonyl (C=O) groups excluding carboxylic acids is 1. The second-order valence-corrected chi connectivity index (χ2v) is 10.5. The Morgan fingerprint density at radius 3 is 2.62 bits per heavy atom. The highest BCUT2D eigenvalue weighted by atomic mass is 32.2. The number of benzene rings is 1. The van der Waals surface area contributed by atoms with Crippen LogP contribution in [0.1, 0.15) is 23.0 Å². The van der Waals surface area contributed by atoms with Crippen LogP contribution in [0.2, 0.25) is 0 Å². The molecule has 14 heteroatoms. The molecule has 0 bridgehead atoms. The molecule has 0 radical (unpaired) electrons. The van der Waals surface area contributed by atoms with Crippen molar-refractivity contribution < 1.29 is 31.1 Å².